The highest BCUT2D eigenvalue weighted by Crippen LogP contribution is 2.36. The van der Waals surface area contributed by atoms with Crippen LogP contribution in [0.25, 0.3) is 0 Å². The molecule has 3 fully saturated rings. The molecule has 23 heavy (non-hydrogen) atoms. The molecule has 3 aliphatic rings. The van der Waals surface area contributed by atoms with E-state index in [1.807, 2.05) is 24.8 Å². The first-order chi connectivity index (χ1) is 11.1. The summed E-state index contributed by atoms with van der Waals surface area (Å²) in [5, 5.41) is 0. The standard InChI is InChI=1S/C18H26N2O3/c1-11-9-14(12(2)19-11)18(21)20-7-8-22-16-6-5-15(20)17(16)23-10-13-3-4-13/h9,13,15-17,19H,3-8,10H2,1-2H3/t15-,16-,17+/m0/s1. The predicted octanol–water partition coefficient (Wildman–Crippen LogP) is 2.43. The van der Waals surface area contributed by atoms with Crippen LogP contribution in [0.15, 0.2) is 6.07 Å². The van der Waals surface area contributed by atoms with E-state index in [9.17, 15) is 4.79 Å². The number of H-pyrrole nitrogens is 1. The number of carbonyl (C=O) groups is 1. The largest absolute Gasteiger partial charge is 0.374 e. The molecule has 0 unspecified atom stereocenters. The van der Waals surface area contributed by atoms with Crippen molar-refractivity contribution < 1.29 is 14.3 Å². The number of ether oxygens (including phenoxy) is 2. The van der Waals surface area contributed by atoms with Crippen molar-refractivity contribution in [3.63, 3.8) is 0 Å². The Balaban J connectivity index is 1.54. The molecule has 1 saturated heterocycles. The van der Waals surface area contributed by atoms with Crippen LogP contribution in [0, 0.1) is 19.8 Å². The highest BCUT2D eigenvalue weighted by molar-refractivity contribution is 5.96. The van der Waals surface area contributed by atoms with E-state index < -0.39 is 0 Å². The average molecular weight is 318 g/mol. The van der Waals surface area contributed by atoms with Crippen LogP contribution >= 0.6 is 0 Å². The molecule has 0 radical (unpaired) electrons. The summed E-state index contributed by atoms with van der Waals surface area (Å²) in [5.74, 6) is 0.847. The first kappa shape index (κ1) is 15.2. The summed E-state index contributed by atoms with van der Waals surface area (Å²) in [6.07, 6.45) is 4.75. The summed E-state index contributed by atoms with van der Waals surface area (Å²) in [4.78, 5) is 18.3. The maximum absolute atomic E-state index is 13.1. The van der Waals surface area contributed by atoms with Crippen molar-refractivity contribution in [1.29, 1.82) is 0 Å². The number of fused-ring (bicyclic) bond motifs is 2. The molecule has 126 valence electrons. The number of amides is 1. The molecule has 2 heterocycles. The van der Waals surface area contributed by atoms with Crippen molar-refractivity contribution in [3.05, 3.63) is 23.0 Å². The number of carbonyl (C=O) groups excluding carboxylic acids is 1. The molecule has 2 bridgehead atoms. The molecule has 3 atom stereocenters. The fourth-order valence-electron chi connectivity index (χ4n) is 3.99. The Morgan fingerprint density at radius 1 is 1.35 bits per heavy atom. The Hall–Kier alpha value is -1.33. The van der Waals surface area contributed by atoms with Gasteiger partial charge in [-0.25, -0.2) is 0 Å². The van der Waals surface area contributed by atoms with E-state index in [1.165, 1.54) is 12.8 Å². The highest BCUT2D eigenvalue weighted by atomic mass is 16.5. The van der Waals surface area contributed by atoms with E-state index in [2.05, 4.69) is 4.98 Å². The van der Waals surface area contributed by atoms with E-state index in [4.69, 9.17) is 9.47 Å². The average Bonchev–Trinajstić information content (AvgIpc) is 3.19. The normalized spacial score (nSPS) is 30.5. The van der Waals surface area contributed by atoms with E-state index in [-0.39, 0.29) is 24.2 Å². The molecule has 5 nitrogen and oxygen atoms in total. The van der Waals surface area contributed by atoms with E-state index in [0.717, 1.165) is 42.3 Å². The molecule has 1 amide bonds. The number of nitrogens with zero attached hydrogens (tertiary/aromatic N) is 1. The summed E-state index contributed by atoms with van der Waals surface area (Å²) in [6, 6.07) is 2.11. The fraction of sp³-hybridized carbons (Fsp3) is 0.722. The van der Waals surface area contributed by atoms with Gasteiger partial charge in [0.15, 0.2) is 0 Å². The molecule has 2 aliphatic carbocycles. The summed E-state index contributed by atoms with van der Waals surface area (Å²) in [5.41, 5.74) is 2.76. The van der Waals surface area contributed by atoms with E-state index in [0.29, 0.717) is 13.2 Å². The molecule has 1 aromatic heterocycles. The number of nitrogens with one attached hydrogen (secondary N) is 1. The number of hydrogen-bond donors (Lipinski definition) is 1. The smallest absolute Gasteiger partial charge is 0.256 e. The van der Waals surface area contributed by atoms with Crippen LogP contribution in [0.5, 0.6) is 0 Å². The third kappa shape index (κ3) is 2.92. The van der Waals surface area contributed by atoms with Crippen LogP contribution in [0.1, 0.15) is 47.4 Å². The van der Waals surface area contributed by atoms with Crippen LogP contribution in [-0.4, -0.2) is 53.8 Å². The summed E-state index contributed by atoms with van der Waals surface area (Å²) >= 11 is 0. The first-order valence-electron chi connectivity index (χ1n) is 8.84. The van der Waals surface area contributed by atoms with Crippen molar-refractivity contribution in [2.45, 2.75) is 57.8 Å². The molecule has 2 saturated carbocycles. The maximum atomic E-state index is 13.1. The van der Waals surface area contributed by atoms with Gasteiger partial charge in [-0.1, -0.05) is 0 Å². The molecule has 1 aromatic rings. The minimum absolute atomic E-state index is 0.0439. The minimum Gasteiger partial charge on any atom is -0.374 e. The molecular formula is C18H26N2O3. The minimum atomic E-state index is 0.0439. The van der Waals surface area contributed by atoms with Crippen LogP contribution in [0.4, 0.5) is 0 Å². The van der Waals surface area contributed by atoms with E-state index in [1.54, 1.807) is 0 Å². The molecule has 4 rings (SSSR count). The van der Waals surface area contributed by atoms with Gasteiger partial charge in [0.25, 0.3) is 5.91 Å². The van der Waals surface area contributed by atoms with Gasteiger partial charge in [-0.15, -0.1) is 0 Å². The second-order valence-electron chi connectivity index (χ2n) is 7.28. The second-order valence-corrected chi connectivity index (χ2v) is 7.28. The molecule has 1 aliphatic heterocycles. The van der Waals surface area contributed by atoms with Crippen LogP contribution in [0.2, 0.25) is 0 Å². The second kappa shape index (κ2) is 5.95. The van der Waals surface area contributed by atoms with Gasteiger partial charge >= 0.3 is 0 Å². The summed E-state index contributed by atoms with van der Waals surface area (Å²) in [7, 11) is 0. The molecule has 1 N–H and O–H groups in total. The van der Waals surface area contributed by atoms with E-state index >= 15 is 0 Å². The molecule has 5 heteroatoms. The van der Waals surface area contributed by atoms with Crippen molar-refractivity contribution in [1.82, 2.24) is 9.88 Å². The van der Waals surface area contributed by atoms with Crippen LogP contribution in [0.3, 0.4) is 0 Å². The Morgan fingerprint density at radius 2 is 2.17 bits per heavy atom. The third-order valence-corrected chi connectivity index (χ3v) is 5.42. The zero-order valence-electron chi connectivity index (χ0n) is 14.0. The lowest BCUT2D eigenvalue weighted by Gasteiger charge is -2.31. The van der Waals surface area contributed by atoms with Crippen molar-refractivity contribution in [2.75, 3.05) is 19.8 Å². The van der Waals surface area contributed by atoms with Crippen LogP contribution in [-0.2, 0) is 9.47 Å². The summed E-state index contributed by atoms with van der Waals surface area (Å²) in [6.45, 7) is 6.05. The van der Waals surface area contributed by atoms with Gasteiger partial charge in [0.2, 0.25) is 0 Å². The van der Waals surface area contributed by atoms with Gasteiger partial charge in [0.1, 0.15) is 6.10 Å². The lowest BCUT2D eigenvalue weighted by Crippen LogP contribution is -2.46. The fourth-order valence-corrected chi connectivity index (χ4v) is 3.99. The lowest BCUT2D eigenvalue weighted by molar-refractivity contribution is -0.0556. The zero-order chi connectivity index (χ0) is 16.0. The molecular weight excluding hydrogens is 292 g/mol. The Kier molecular flexibility index (Phi) is 3.93. The van der Waals surface area contributed by atoms with Crippen LogP contribution < -0.4 is 0 Å². The molecule has 0 spiro atoms. The predicted molar refractivity (Wildman–Crippen MR) is 86.5 cm³/mol. The van der Waals surface area contributed by atoms with Crippen molar-refractivity contribution >= 4 is 5.91 Å². The first-order valence-corrected chi connectivity index (χ1v) is 8.84. The molecule has 0 aromatic carbocycles. The number of hydrogen-bond acceptors (Lipinski definition) is 3. The third-order valence-electron chi connectivity index (χ3n) is 5.42. The summed E-state index contributed by atoms with van der Waals surface area (Å²) < 4.78 is 12.2. The SMILES string of the molecule is Cc1cc(C(=O)N2CCO[C@H]3CC[C@H]2[C@H]3OCC2CC2)c(C)[nH]1. The quantitative estimate of drug-likeness (QED) is 0.927. The highest BCUT2D eigenvalue weighted by Gasteiger charge is 2.45. The number of aromatic amines is 1. The van der Waals surface area contributed by atoms with Crippen molar-refractivity contribution in [2.24, 2.45) is 5.92 Å². The van der Waals surface area contributed by atoms with Crippen molar-refractivity contribution in [3.8, 4) is 0 Å². The Morgan fingerprint density at radius 3 is 2.87 bits per heavy atom. The van der Waals surface area contributed by atoms with Gasteiger partial charge in [-0.2, -0.15) is 0 Å². The monoisotopic (exact) mass is 318 g/mol. The Bertz CT molecular complexity index is 593. The lowest BCUT2D eigenvalue weighted by atomic mass is 10.1. The number of rotatable bonds is 4. The van der Waals surface area contributed by atoms with Gasteiger partial charge in [0.05, 0.1) is 24.3 Å². The number of aryl methyl sites for hydroxylation is 2. The number of aromatic nitrogens is 1. The zero-order valence-corrected chi connectivity index (χ0v) is 14.0. The topological polar surface area (TPSA) is 54.6 Å². The maximum Gasteiger partial charge on any atom is 0.256 e. The Labute approximate surface area is 137 Å². The van der Waals surface area contributed by atoms with Gasteiger partial charge in [-0.05, 0) is 51.5 Å². The van der Waals surface area contributed by atoms with Gasteiger partial charge < -0.3 is 19.4 Å². The van der Waals surface area contributed by atoms with Gasteiger partial charge in [0, 0.05) is 24.5 Å². The van der Waals surface area contributed by atoms with Gasteiger partial charge in [-0.3, -0.25) is 4.79 Å².